The molecular weight excluding hydrogens is 234 g/mol. The number of rotatable bonds is 4. The Kier molecular flexibility index (Phi) is 4.38. The maximum absolute atomic E-state index is 11.2. The third-order valence-corrected chi connectivity index (χ3v) is 3.23. The Morgan fingerprint density at radius 3 is 2.78 bits per heavy atom. The number of hydrogen-bond acceptors (Lipinski definition) is 5. The number of esters is 1. The minimum Gasteiger partial charge on any atom is -0.463 e. The van der Waals surface area contributed by atoms with Crippen LogP contribution in [0.1, 0.15) is 42.0 Å². The molecule has 1 saturated carbocycles. The first-order valence-electron chi connectivity index (χ1n) is 6.23. The Morgan fingerprint density at radius 1 is 1.39 bits per heavy atom. The highest BCUT2D eigenvalue weighted by Gasteiger charge is 2.19. The molecule has 2 N–H and O–H groups in total. The minimum atomic E-state index is -0.468. The largest absolute Gasteiger partial charge is 0.463 e. The van der Waals surface area contributed by atoms with E-state index in [0.29, 0.717) is 18.4 Å². The van der Waals surface area contributed by atoms with E-state index in [1.165, 1.54) is 7.11 Å². The van der Waals surface area contributed by atoms with Crippen molar-refractivity contribution in [3.8, 4) is 0 Å². The first-order chi connectivity index (χ1) is 8.69. The van der Waals surface area contributed by atoms with Gasteiger partial charge in [-0.1, -0.05) is 0 Å². The van der Waals surface area contributed by atoms with E-state index in [4.69, 9.17) is 14.9 Å². The van der Waals surface area contributed by atoms with E-state index < -0.39 is 5.97 Å². The molecule has 0 saturated heterocycles. The quantitative estimate of drug-likeness (QED) is 0.829. The summed E-state index contributed by atoms with van der Waals surface area (Å²) in [7, 11) is 1.33. The van der Waals surface area contributed by atoms with Crippen molar-refractivity contribution in [2.24, 2.45) is 5.73 Å². The third kappa shape index (κ3) is 3.34. The van der Waals surface area contributed by atoms with E-state index in [9.17, 15) is 4.79 Å². The monoisotopic (exact) mass is 253 g/mol. The zero-order valence-electron chi connectivity index (χ0n) is 10.6. The predicted molar refractivity (Wildman–Crippen MR) is 65.1 cm³/mol. The van der Waals surface area contributed by atoms with Crippen molar-refractivity contribution in [3.63, 3.8) is 0 Å². The Hall–Kier alpha value is -1.33. The average molecular weight is 253 g/mol. The molecule has 0 spiro atoms. The predicted octanol–water partition coefficient (Wildman–Crippen LogP) is 1.85. The molecular formula is C13H19NO4. The van der Waals surface area contributed by atoms with Crippen LogP contribution in [0.25, 0.3) is 0 Å². The number of furan rings is 1. The van der Waals surface area contributed by atoms with Crippen LogP contribution in [0, 0.1) is 0 Å². The highest BCUT2D eigenvalue weighted by molar-refractivity contribution is 5.86. The molecule has 0 aliphatic heterocycles. The Morgan fingerprint density at radius 2 is 2.11 bits per heavy atom. The van der Waals surface area contributed by atoms with Crippen LogP contribution in [-0.4, -0.2) is 25.2 Å². The normalized spacial score (nSPS) is 23.9. The molecule has 0 atom stereocenters. The van der Waals surface area contributed by atoms with Crippen LogP contribution in [-0.2, 0) is 16.1 Å². The van der Waals surface area contributed by atoms with Crippen LogP contribution in [0.3, 0.4) is 0 Å². The topological polar surface area (TPSA) is 74.7 Å². The maximum Gasteiger partial charge on any atom is 0.373 e. The van der Waals surface area contributed by atoms with Crippen molar-refractivity contribution in [2.45, 2.75) is 44.4 Å². The summed E-state index contributed by atoms with van der Waals surface area (Å²) in [6, 6.07) is 3.65. The fourth-order valence-electron chi connectivity index (χ4n) is 2.12. The van der Waals surface area contributed by atoms with Crippen LogP contribution in [0.2, 0.25) is 0 Å². The maximum atomic E-state index is 11.2. The smallest absolute Gasteiger partial charge is 0.373 e. The second-order valence-electron chi connectivity index (χ2n) is 4.61. The van der Waals surface area contributed by atoms with Gasteiger partial charge < -0.3 is 19.6 Å². The van der Waals surface area contributed by atoms with Gasteiger partial charge in [0.15, 0.2) is 0 Å². The first kappa shape index (κ1) is 13.1. The van der Waals surface area contributed by atoms with Gasteiger partial charge in [0.25, 0.3) is 0 Å². The van der Waals surface area contributed by atoms with Crippen molar-refractivity contribution in [3.05, 3.63) is 23.7 Å². The second kappa shape index (κ2) is 6.02. The lowest BCUT2D eigenvalue weighted by atomic mass is 9.94. The highest BCUT2D eigenvalue weighted by atomic mass is 16.5. The molecule has 1 fully saturated rings. The summed E-state index contributed by atoms with van der Waals surface area (Å²) in [6.45, 7) is 0.386. The SMILES string of the molecule is COC(=O)c1ccc(COC2CCC(N)CC2)o1. The molecule has 0 bridgehead atoms. The van der Waals surface area contributed by atoms with Gasteiger partial charge in [-0.15, -0.1) is 0 Å². The van der Waals surface area contributed by atoms with E-state index in [1.54, 1.807) is 12.1 Å². The molecule has 1 aliphatic rings. The number of nitrogens with two attached hydrogens (primary N) is 1. The van der Waals surface area contributed by atoms with E-state index >= 15 is 0 Å². The molecule has 0 amide bonds. The van der Waals surface area contributed by atoms with Gasteiger partial charge in [0.2, 0.25) is 5.76 Å². The minimum absolute atomic E-state index is 0.210. The first-order valence-corrected chi connectivity index (χ1v) is 6.23. The van der Waals surface area contributed by atoms with Crippen LogP contribution in [0.5, 0.6) is 0 Å². The fraction of sp³-hybridized carbons (Fsp3) is 0.615. The number of carbonyl (C=O) groups excluding carboxylic acids is 1. The van der Waals surface area contributed by atoms with E-state index in [1.807, 2.05) is 0 Å². The molecule has 1 aliphatic carbocycles. The highest BCUT2D eigenvalue weighted by Crippen LogP contribution is 2.21. The van der Waals surface area contributed by atoms with Crippen molar-refractivity contribution >= 4 is 5.97 Å². The van der Waals surface area contributed by atoms with Gasteiger partial charge >= 0.3 is 5.97 Å². The van der Waals surface area contributed by atoms with Crippen LogP contribution < -0.4 is 5.73 Å². The standard InChI is InChI=1S/C13H19NO4/c1-16-13(15)12-7-6-11(18-12)8-17-10-4-2-9(14)3-5-10/h6-7,9-10H,2-5,8,14H2,1H3. The molecule has 100 valence electrons. The van der Waals surface area contributed by atoms with Crippen molar-refractivity contribution in [1.29, 1.82) is 0 Å². The molecule has 0 radical (unpaired) electrons. The summed E-state index contributed by atoms with van der Waals surface area (Å²) >= 11 is 0. The number of hydrogen-bond donors (Lipinski definition) is 1. The summed E-state index contributed by atoms with van der Waals surface area (Å²) in [5, 5.41) is 0. The van der Waals surface area contributed by atoms with Gasteiger partial charge in [-0.2, -0.15) is 0 Å². The summed E-state index contributed by atoms with van der Waals surface area (Å²) in [6.07, 6.45) is 4.25. The summed E-state index contributed by atoms with van der Waals surface area (Å²) < 4.78 is 15.6. The number of carbonyl (C=O) groups is 1. The molecule has 5 heteroatoms. The third-order valence-electron chi connectivity index (χ3n) is 3.23. The van der Waals surface area contributed by atoms with Crippen LogP contribution in [0.15, 0.2) is 16.5 Å². The summed E-state index contributed by atoms with van der Waals surface area (Å²) in [5.74, 6) is 0.386. The summed E-state index contributed by atoms with van der Waals surface area (Å²) in [4.78, 5) is 11.2. The lowest BCUT2D eigenvalue weighted by Crippen LogP contribution is -2.30. The zero-order chi connectivity index (χ0) is 13.0. The van der Waals surface area contributed by atoms with Crippen LogP contribution >= 0.6 is 0 Å². The Balaban J connectivity index is 1.79. The van der Waals surface area contributed by atoms with Crippen molar-refractivity contribution in [1.82, 2.24) is 0 Å². The molecule has 18 heavy (non-hydrogen) atoms. The lowest BCUT2D eigenvalue weighted by Gasteiger charge is -2.25. The molecule has 1 heterocycles. The van der Waals surface area contributed by atoms with E-state index in [2.05, 4.69) is 4.74 Å². The van der Waals surface area contributed by atoms with Gasteiger partial charge in [0, 0.05) is 6.04 Å². The molecule has 2 rings (SSSR count). The molecule has 1 aromatic heterocycles. The van der Waals surface area contributed by atoms with Gasteiger partial charge in [-0.05, 0) is 37.8 Å². The Bertz CT molecular complexity index is 393. The average Bonchev–Trinajstić information content (AvgIpc) is 2.86. The van der Waals surface area contributed by atoms with Gasteiger partial charge in [-0.25, -0.2) is 4.79 Å². The summed E-state index contributed by atoms with van der Waals surface area (Å²) in [5.41, 5.74) is 5.83. The van der Waals surface area contributed by atoms with Gasteiger partial charge in [-0.3, -0.25) is 0 Å². The molecule has 1 aromatic rings. The zero-order valence-corrected chi connectivity index (χ0v) is 10.6. The molecule has 0 unspecified atom stereocenters. The molecule has 0 aromatic carbocycles. The lowest BCUT2D eigenvalue weighted by molar-refractivity contribution is 0.00524. The molecule has 5 nitrogen and oxygen atoms in total. The Labute approximate surface area is 106 Å². The van der Waals surface area contributed by atoms with Gasteiger partial charge in [0.05, 0.1) is 13.2 Å². The van der Waals surface area contributed by atoms with Crippen molar-refractivity contribution in [2.75, 3.05) is 7.11 Å². The second-order valence-corrected chi connectivity index (χ2v) is 4.61. The van der Waals surface area contributed by atoms with E-state index in [-0.39, 0.29) is 11.9 Å². The fourth-order valence-corrected chi connectivity index (χ4v) is 2.12. The van der Waals surface area contributed by atoms with E-state index in [0.717, 1.165) is 25.7 Å². The van der Waals surface area contributed by atoms with Gasteiger partial charge in [0.1, 0.15) is 12.4 Å². The number of methoxy groups -OCH3 is 1. The number of ether oxygens (including phenoxy) is 2. The van der Waals surface area contributed by atoms with Crippen molar-refractivity contribution < 1.29 is 18.7 Å². The van der Waals surface area contributed by atoms with Crippen LogP contribution in [0.4, 0.5) is 0 Å².